The van der Waals surface area contributed by atoms with Crippen molar-refractivity contribution >= 4 is 22.2 Å². The van der Waals surface area contributed by atoms with Crippen molar-refractivity contribution in [2.45, 2.75) is 6.54 Å². The van der Waals surface area contributed by atoms with Crippen LogP contribution in [0.4, 0.5) is 0 Å². The standard InChI is InChI=1S/C13H12N4S/c1-14-8-12-16-17-13(18-12)10-6-7-15-11-5-3-2-4-9(10)11/h2-7,14H,8H2,1H3. The number of para-hydroxylation sites is 1. The molecule has 0 atom stereocenters. The Morgan fingerprint density at radius 2 is 2.06 bits per heavy atom. The molecular formula is C13H12N4S. The Kier molecular flexibility index (Phi) is 3.00. The lowest BCUT2D eigenvalue weighted by Gasteiger charge is -2.01. The average molecular weight is 256 g/mol. The fourth-order valence-electron chi connectivity index (χ4n) is 1.87. The van der Waals surface area contributed by atoms with Crippen molar-refractivity contribution in [1.29, 1.82) is 0 Å². The van der Waals surface area contributed by atoms with Gasteiger partial charge in [-0.15, -0.1) is 10.2 Å². The molecule has 0 amide bonds. The summed E-state index contributed by atoms with van der Waals surface area (Å²) in [6.07, 6.45) is 1.82. The molecule has 0 unspecified atom stereocenters. The summed E-state index contributed by atoms with van der Waals surface area (Å²) in [5.74, 6) is 0. The normalized spacial score (nSPS) is 10.9. The predicted octanol–water partition coefficient (Wildman–Crippen LogP) is 2.47. The monoisotopic (exact) mass is 256 g/mol. The molecule has 0 spiro atoms. The molecule has 1 N–H and O–H groups in total. The molecule has 2 heterocycles. The van der Waals surface area contributed by atoms with Gasteiger partial charge in [-0.3, -0.25) is 4.98 Å². The van der Waals surface area contributed by atoms with Gasteiger partial charge in [-0.1, -0.05) is 29.5 Å². The van der Waals surface area contributed by atoms with Gasteiger partial charge in [0.1, 0.15) is 10.0 Å². The number of nitrogens with zero attached hydrogens (tertiary/aromatic N) is 3. The van der Waals surface area contributed by atoms with Crippen molar-refractivity contribution in [3.05, 3.63) is 41.5 Å². The Hall–Kier alpha value is -1.85. The van der Waals surface area contributed by atoms with Gasteiger partial charge in [0.2, 0.25) is 0 Å². The molecule has 0 saturated carbocycles. The van der Waals surface area contributed by atoms with E-state index in [0.717, 1.165) is 33.0 Å². The SMILES string of the molecule is CNCc1nnc(-c2ccnc3ccccc23)s1. The maximum Gasteiger partial charge on any atom is 0.148 e. The van der Waals surface area contributed by atoms with Crippen LogP contribution in [0.15, 0.2) is 36.5 Å². The minimum Gasteiger partial charge on any atom is -0.313 e. The van der Waals surface area contributed by atoms with Gasteiger partial charge in [-0.05, 0) is 19.2 Å². The van der Waals surface area contributed by atoms with E-state index in [1.54, 1.807) is 11.3 Å². The molecular weight excluding hydrogens is 244 g/mol. The van der Waals surface area contributed by atoms with Gasteiger partial charge >= 0.3 is 0 Å². The van der Waals surface area contributed by atoms with Gasteiger partial charge in [0.25, 0.3) is 0 Å². The molecule has 0 radical (unpaired) electrons. The largest absolute Gasteiger partial charge is 0.313 e. The molecule has 18 heavy (non-hydrogen) atoms. The molecule has 90 valence electrons. The van der Waals surface area contributed by atoms with Crippen LogP contribution in [-0.4, -0.2) is 22.2 Å². The third kappa shape index (κ3) is 1.98. The van der Waals surface area contributed by atoms with Crippen LogP contribution in [0, 0.1) is 0 Å². The van der Waals surface area contributed by atoms with E-state index < -0.39 is 0 Å². The lowest BCUT2D eigenvalue weighted by Crippen LogP contribution is -2.04. The highest BCUT2D eigenvalue weighted by molar-refractivity contribution is 7.14. The Morgan fingerprint density at radius 3 is 2.94 bits per heavy atom. The molecule has 1 aromatic carbocycles. The minimum absolute atomic E-state index is 0.751. The number of benzene rings is 1. The molecule has 0 bridgehead atoms. The Labute approximate surface area is 109 Å². The van der Waals surface area contributed by atoms with Gasteiger partial charge < -0.3 is 5.32 Å². The van der Waals surface area contributed by atoms with Gasteiger partial charge in [0.15, 0.2) is 0 Å². The van der Waals surface area contributed by atoms with E-state index in [-0.39, 0.29) is 0 Å². The lowest BCUT2D eigenvalue weighted by atomic mass is 10.1. The van der Waals surface area contributed by atoms with E-state index in [0.29, 0.717) is 0 Å². The highest BCUT2D eigenvalue weighted by atomic mass is 32.1. The highest BCUT2D eigenvalue weighted by Gasteiger charge is 2.09. The second kappa shape index (κ2) is 4.80. The number of nitrogens with one attached hydrogen (secondary N) is 1. The van der Waals surface area contributed by atoms with Crippen LogP contribution < -0.4 is 5.32 Å². The second-order valence-corrected chi connectivity index (χ2v) is 4.97. The number of rotatable bonds is 3. The maximum absolute atomic E-state index is 4.35. The predicted molar refractivity (Wildman–Crippen MR) is 73.4 cm³/mol. The molecule has 3 aromatic rings. The van der Waals surface area contributed by atoms with Crippen molar-refractivity contribution in [2.24, 2.45) is 0 Å². The first-order chi connectivity index (χ1) is 8.88. The van der Waals surface area contributed by atoms with Crippen molar-refractivity contribution in [3.8, 4) is 10.6 Å². The van der Waals surface area contributed by atoms with Crippen LogP contribution in [-0.2, 0) is 6.54 Å². The van der Waals surface area contributed by atoms with E-state index in [2.05, 4.69) is 26.6 Å². The highest BCUT2D eigenvalue weighted by Crippen LogP contribution is 2.29. The summed E-state index contributed by atoms with van der Waals surface area (Å²) in [4.78, 5) is 4.35. The maximum atomic E-state index is 4.35. The van der Waals surface area contributed by atoms with Crippen LogP contribution >= 0.6 is 11.3 Å². The van der Waals surface area contributed by atoms with Crippen molar-refractivity contribution in [3.63, 3.8) is 0 Å². The molecule has 0 aliphatic rings. The zero-order chi connectivity index (χ0) is 12.4. The minimum atomic E-state index is 0.751. The quantitative estimate of drug-likeness (QED) is 0.782. The first-order valence-electron chi connectivity index (χ1n) is 5.69. The van der Waals surface area contributed by atoms with Crippen LogP contribution in [0.25, 0.3) is 21.5 Å². The summed E-state index contributed by atoms with van der Waals surface area (Å²) in [6.45, 7) is 0.751. The zero-order valence-electron chi connectivity index (χ0n) is 9.92. The Morgan fingerprint density at radius 1 is 1.17 bits per heavy atom. The smallest absolute Gasteiger partial charge is 0.148 e. The zero-order valence-corrected chi connectivity index (χ0v) is 10.7. The van der Waals surface area contributed by atoms with E-state index in [1.807, 2.05) is 37.5 Å². The number of pyridine rings is 1. The van der Waals surface area contributed by atoms with Gasteiger partial charge in [-0.2, -0.15) is 0 Å². The van der Waals surface area contributed by atoms with Crippen molar-refractivity contribution in [1.82, 2.24) is 20.5 Å². The van der Waals surface area contributed by atoms with Gasteiger partial charge in [0, 0.05) is 23.7 Å². The molecule has 4 nitrogen and oxygen atoms in total. The van der Waals surface area contributed by atoms with Gasteiger partial charge in [-0.25, -0.2) is 0 Å². The van der Waals surface area contributed by atoms with Crippen LogP contribution in [0.5, 0.6) is 0 Å². The number of hydrogen-bond acceptors (Lipinski definition) is 5. The molecule has 0 aliphatic carbocycles. The molecule has 3 rings (SSSR count). The van der Waals surface area contributed by atoms with Gasteiger partial charge in [0.05, 0.1) is 5.52 Å². The third-order valence-electron chi connectivity index (χ3n) is 2.67. The average Bonchev–Trinajstić information content (AvgIpc) is 2.87. The topological polar surface area (TPSA) is 50.7 Å². The number of aromatic nitrogens is 3. The molecule has 0 saturated heterocycles. The summed E-state index contributed by atoms with van der Waals surface area (Å²) < 4.78 is 0. The summed E-state index contributed by atoms with van der Waals surface area (Å²) in [6, 6.07) is 10.1. The van der Waals surface area contributed by atoms with Crippen LogP contribution in [0.2, 0.25) is 0 Å². The van der Waals surface area contributed by atoms with Crippen molar-refractivity contribution in [2.75, 3.05) is 7.05 Å². The lowest BCUT2D eigenvalue weighted by molar-refractivity contribution is 0.795. The molecule has 0 aliphatic heterocycles. The Bertz CT molecular complexity index is 672. The Balaban J connectivity index is 2.12. The third-order valence-corrected chi connectivity index (χ3v) is 3.63. The van der Waals surface area contributed by atoms with Crippen molar-refractivity contribution < 1.29 is 0 Å². The fraction of sp³-hybridized carbons (Fsp3) is 0.154. The first kappa shape index (κ1) is 11.3. The molecule has 5 heteroatoms. The van der Waals surface area contributed by atoms with E-state index in [9.17, 15) is 0 Å². The summed E-state index contributed by atoms with van der Waals surface area (Å²) in [5.41, 5.74) is 2.08. The second-order valence-electron chi connectivity index (χ2n) is 3.91. The molecule has 0 fully saturated rings. The van der Waals surface area contributed by atoms with Crippen LogP contribution in [0.1, 0.15) is 5.01 Å². The summed E-state index contributed by atoms with van der Waals surface area (Å²) in [7, 11) is 1.91. The molecule has 2 aromatic heterocycles. The van der Waals surface area contributed by atoms with Crippen LogP contribution in [0.3, 0.4) is 0 Å². The summed E-state index contributed by atoms with van der Waals surface area (Å²) >= 11 is 1.61. The number of fused-ring (bicyclic) bond motifs is 1. The van der Waals surface area contributed by atoms with E-state index >= 15 is 0 Å². The summed E-state index contributed by atoms with van der Waals surface area (Å²) in [5, 5.41) is 14.6. The fourth-order valence-corrected chi connectivity index (χ4v) is 2.76. The first-order valence-corrected chi connectivity index (χ1v) is 6.51. The van der Waals surface area contributed by atoms with E-state index in [1.165, 1.54) is 0 Å². The van der Waals surface area contributed by atoms with E-state index in [4.69, 9.17) is 0 Å². The number of hydrogen-bond donors (Lipinski definition) is 1.